The third-order valence-electron chi connectivity index (χ3n) is 0.978. The maximum Gasteiger partial charge on any atom is 0.330 e. The predicted molar refractivity (Wildman–Crippen MR) is 42.3 cm³/mol. The summed E-state index contributed by atoms with van der Waals surface area (Å²) in [4.78, 5) is 20.9. The Labute approximate surface area is 70.5 Å². The van der Waals surface area contributed by atoms with E-state index in [-0.39, 0.29) is 0 Å². The Morgan fingerprint density at radius 1 is 0.917 bits per heavy atom. The van der Waals surface area contributed by atoms with Gasteiger partial charge in [0.2, 0.25) is 0 Å². The van der Waals surface area contributed by atoms with Crippen LogP contribution in [-0.4, -0.2) is 26.2 Å². The van der Waals surface area contributed by atoms with E-state index in [9.17, 15) is 9.59 Å². The van der Waals surface area contributed by atoms with E-state index in [0.717, 1.165) is 0 Å². The molecule has 0 aromatic carbocycles. The fourth-order valence-electron chi connectivity index (χ4n) is 0.404. The van der Waals surface area contributed by atoms with Gasteiger partial charge < -0.3 is 9.47 Å². The summed E-state index contributed by atoms with van der Waals surface area (Å²) in [6.45, 7) is 0. The number of ether oxygens (including phenoxy) is 2. The maximum absolute atomic E-state index is 10.5. The minimum Gasteiger partial charge on any atom is -0.466 e. The second-order valence-electron chi connectivity index (χ2n) is 1.76. The molecule has 66 valence electrons. The van der Waals surface area contributed by atoms with E-state index < -0.39 is 11.9 Å². The number of carbonyl (C=O) groups is 2. The SMILES string of the molecule is COC(=O)C=C/C=C\C(=O)OC. The first kappa shape index (κ1) is 10.4. The molecule has 12 heavy (non-hydrogen) atoms. The summed E-state index contributed by atoms with van der Waals surface area (Å²) >= 11 is 0. The van der Waals surface area contributed by atoms with Crippen LogP contribution in [0.4, 0.5) is 0 Å². The number of hydrogen-bond acceptors (Lipinski definition) is 4. The third kappa shape index (κ3) is 5.22. The first-order chi connectivity index (χ1) is 5.70. The summed E-state index contributed by atoms with van der Waals surface area (Å²) in [6, 6.07) is 0. The predicted octanol–water partition coefficient (Wildman–Crippen LogP) is 0.445. The van der Waals surface area contributed by atoms with Crippen molar-refractivity contribution in [2.75, 3.05) is 14.2 Å². The summed E-state index contributed by atoms with van der Waals surface area (Å²) < 4.78 is 8.62. The van der Waals surface area contributed by atoms with Crippen LogP contribution in [0.2, 0.25) is 0 Å². The molecule has 0 aromatic heterocycles. The molecule has 0 radical (unpaired) electrons. The van der Waals surface area contributed by atoms with Crippen molar-refractivity contribution in [2.24, 2.45) is 0 Å². The summed E-state index contributed by atoms with van der Waals surface area (Å²) in [5.41, 5.74) is 0. The van der Waals surface area contributed by atoms with Crippen molar-refractivity contribution in [1.29, 1.82) is 0 Å². The molecule has 4 heteroatoms. The van der Waals surface area contributed by atoms with E-state index in [2.05, 4.69) is 9.47 Å². The van der Waals surface area contributed by atoms with Gasteiger partial charge in [0.05, 0.1) is 14.2 Å². The van der Waals surface area contributed by atoms with Crippen LogP contribution in [0.25, 0.3) is 0 Å². The van der Waals surface area contributed by atoms with E-state index >= 15 is 0 Å². The number of methoxy groups -OCH3 is 2. The molecule has 0 bridgehead atoms. The monoisotopic (exact) mass is 170 g/mol. The molecule has 0 fully saturated rings. The lowest BCUT2D eigenvalue weighted by atomic mass is 10.4. The van der Waals surface area contributed by atoms with Gasteiger partial charge in [0.1, 0.15) is 0 Å². The molecule has 0 saturated carbocycles. The Morgan fingerprint density at radius 2 is 1.25 bits per heavy atom. The molecule has 0 unspecified atom stereocenters. The normalized spacial score (nSPS) is 10.5. The summed E-state index contributed by atoms with van der Waals surface area (Å²) in [5.74, 6) is -0.936. The molecule has 4 nitrogen and oxygen atoms in total. The fourth-order valence-corrected chi connectivity index (χ4v) is 0.404. The van der Waals surface area contributed by atoms with Gasteiger partial charge in [-0.25, -0.2) is 9.59 Å². The van der Waals surface area contributed by atoms with E-state index in [1.54, 1.807) is 0 Å². The molecule has 0 amide bonds. The third-order valence-corrected chi connectivity index (χ3v) is 0.978. The lowest BCUT2D eigenvalue weighted by molar-refractivity contribution is -0.135. The highest BCUT2D eigenvalue weighted by Gasteiger charge is 1.89. The number of esters is 2. The highest BCUT2D eigenvalue weighted by atomic mass is 16.5. The van der Waals surface area contributed by atoms with E-state index in [0.29, 0.717) is 0 Å². The molecule has 0 N–H and O–H groups in total. The molecule has 0 aromatic rings. The van der Waals surface area contributed by atoms with Gasteiger partial charge in [-0.05, 0) is 0 Å². The van der Waals surface area contributed by atoms with Crippen molar-refractivity contribution < 1.29 is 19.1 Å². The van der Waals surface area contributed by atoms with Crippen molar-refractivity contribution in [2.45, 2.75) is 0 Å². The summed E-state index contributed by atoms with van der Waals surface area (Å²) in [7, 11) is 2.55. The molecule has 0 atom stereocenters. The largest absolute Gasteiger partial charge is 0.466 e. The minimum absolute atomic E-state index is 0.468. The van der Waals surface area contributed by atoms with Gasteiger partial charge in [-0.2, -0.15) is 0 Å². The second-order valence-corrected chi connectivity index (χ2v) is 1.76. The lowest BCUT2D eigenvalue weighted by Crippen LogP contribution is -1.94. The molecule has 0 heterocycles. The first-order valence-corrected chi connectivity index (χ1v) is 3.21. The molecule has 0 aliphatic heterocycles. The van der Waals surface area contributed by atoms with Crippen molar-refractivity contribution in [1.82, 2.24) is 0 Å². The zero-order valence-electron chi connectivity index (χ0n) is 6.94. The van der Waals surface area contributed by atoms with Crippen LogP contribution in [0.15, 0.2) is 24.3 Å². The Kier molecular flexibility index (Phi) is 5.34. The number of carbonyl (C=O) groups excluding carboxylic acids is 2. The van der Waals surface area contributed by atoms with Gasteiger partial charge in [-0.15, -0.1) is 0 Å². The van der Waals surface area contributed by atoms with Gasteiger partial charge in [0.25, 0.3) is 0 Å². The average molecular weight is 170 g/mol. The van der Waals surface area contributed by atoms with Crippen LogP contribution in [0.3, 0.4) is 0 Å². The zero-order valence-corrected chi connectivity index (χ0v) is 6.94. The Hall–Kier alpha value is -1.58. The molecule has 0 aliphatic carbocycles. The van der Waals surface area contributed by atoms with Gasteiger partial charge >= 0.3 is 11.9 Å². The smallest absolute Gasteiger partial charge is 0.330 e. The Morgan fingerprint density at radius 3 is 1.50 bits per heavy atom. The molecule has 0 aliphatic rings. The standard InChI is InChI=1S/C8H10O4/c1-11-7(9)5-3-4-6-8(10)12-2/h3-6H,1-2H3/b5-3-,6-4?. The first-order valence-electron chi connectivity index (χ1n) is 3.21. The highest BCUT2D eigenvalue weighted by Crippen LogP contribution is 1.82. The van der Waals surface area contributed by atoms with Gasteiger partial charge in [-0.3, -0.25) is 0 Å². The van der Waals surface area contributed by atoms with Crippen LogP contribution in [0, 0.1) is 0 Å². The van der Waals surface area contributed by atoms with E-state index in [1.807, 2.05) is 0 Å². The fraction of sp³-hybridized carbons (Fsp3) is 0.250. The quantitative estimate of drug-likeness (QED) is 0.350. The topological polar surface area (TPSA) is 52.6 Å². The number of hydrogen-bond donors (Lipinski definition) is 0. The molecule has 0 saturated heterocycles. The highest BCUT2D eigenvalue weighted by molar-refractivity contribution is 5.84. The van der Waals surface area contributed by atoms with Crippen LogP contribution >= 0.6 is 0 Å². The van der Waals surface area contributed by atoms with Crippen molar-refractivity contribution >= 4 is 11.9 Å². The molecular formula is C8H10O4. The maximum atomic E-state index is 10.5. The van der Waals surface area contributed by atoms with Gasteiger partial charge in [0, 0.05) is 12.2 Å². The van der Waals surface area contributed by atoms with Crippen LogP contribution in [0.5, 0.6) is 0 Å². The Bertz CT molecular complexity index is 191. The Balaban J connectivity index is 3.81. The summed E-state index contributed by atoms with van der Waals surface area (Å²) in [5, 5.41) is 0. The lowest BCUT2D eigenvalue weighted by Gasteiger charge is -1.87. The number of rotatable bonds is 3. The zero-order chi connectivity index (χ0) is 9.40. The number of allylic oxidation sites excluding steroid dienone is 2. The van der Waals surface area contributed by atoms with Crippen molar-refractivity contribution in [3.63, 3.8) is 0 Å². The van der Waals surface area contributed by atoms with Gasteiger partial charge in [-0.1, -0.05) is 12.2 Å². The van der Waals surface area contributed by atoms with E-state index in [1.165, 1.54) is 38.5 Å². The van der Waals surface area contributed by atoms with Crippen molar-refractivity contribution in [3.8, 4) is 0 Å². The minimum atomic E-state index is -0.468. The second kappa shape index (κ2) is 6.15. The van der Waals surface area contributed by atoms with Gasteiger partial charge in [0.15, 0.2) is 0 Å². The van der Waals surface area contributed by atoms with E-state index in [4.69, 9.17) is 0 Å². The van der Waals surface area contributed by atoms with Crippen LogP contribution < -0.4 is 0 Å². The summed E-state index contributed by atoms with van der Waals surface area (Å²) in [6.07, 6.45) is 5.17. The van der Waals surface area contributed by atoms with Crippen LogP contribution in [-0.2, 0) is 19.1 Å². The van der Waals surface area contributed by atoms with Crippen LogP contribution in [0.1, 0.15) is 0 Å². The average Bonchev–Trinajstić information content (AvgIpc) is 2.11. The molecular weight excluding hydrogens is 160 g/mol. The van der Waals surface area contributed by atoms with Crippen molar-refractivity contribution in [3.05, 3.63) is 24.3 Å². The molecule has 0 spiro atoms. The molecule has 0 rings (SSSR count).